The molecular formula is C12H14N2O3. The first-order chi connectivity index (χ1) is 8.04. The van der Waals surface area contributed by atoms with Gasteiger partial charge in [0.1, 0.15) is 5.75 Å². The van der Waals surface area contributed by atoms with E-state index in [0.717, 1.165) is 0 Å². The fourth-order valence-electron chi connectivity index (χ4n) is 1.22. The van der Waals surface area contributed by atoms with Crippen LogP contribution < -0.4 is 10.2 Å². The first-order valence-electron chi connectivity index (χ1n) is 5.04. The van der Waals surface area contributed by atoms with Crippen molar-refractivity contribution >= 4 is 23.0 Å². The molecule has 0 radical (unpaired) electrons. The number of hydrazone groups is 1. The van der Waals surface area contributed by atoms with Crippen molar-refractivity contribution in [3.05, 3.63) is 24.3 Å². The van der Waals surface area contributed by atoms with Crippen molar-refractivity contribution in [1.82, 2.24) is 0 Å². The van der Waals surface area contributed by atoms with Crippen molar-refractivity contribution in [2.24, 2.45) is 5.10 Å². The highest BCUT2D eigenvalue weighted by molar-refractivity contribution is 6.65. The van der Waals surface area contributed by atoms with Crippen LogP contribution in [0.4, 0.5) is 5.69 Å². The summed E-state index contributed by atoms with van der Waals surface area (Å²) in [5.74, 6) is -0.0711. The Balaban J connectivity index is 2.86. The van der Waals surface area contributed by atoms with Crippen LogP contribution in [0.3, 0.4) is 0 Å². The van der Waals surface area contributed by atoms with E-state index in [4.69, 9.17) is 4.74 Å². The van der Waals surface area contributed by atoms with E-state index in [1.54, 1.807) is 31.4 Å². The molecule has 1 rings (SSSR count). The van der Waals surface area contributed by atoms with Crippen molar-refractivity contribution in [3.8, 4) is 5.75 Å². The zero-order chi connectivity index (χ0) is 12.8. The Morgan fingerprint density at radius 3 is 2.41 bits per heavy atom. The molecule has 0 unspecified atom stereocenters. The van der Waals surface area contributed by atoms with Gasteiger partial charge in [-0.1, -0.05) is 6.07 Å². The lowest BCUT2D eigenvalue weighted by molar-refractivity contribution is -0.114. The fourth-order valence-corrected chi connectivity index (χ4v) is 1.22. The number of rotatable bonds is 5. The van der Waals surface area contributed by atoms with Crippen LogP contribution in [0.2, 0.25) is 0 Å². The fraction of sp³-hybridized carbons (Fsp3) is 0.250. The van der Waals surface area contributed by atoms with Gasteiger partial charge in [-0.15, -0.1) is 0 Å². The van der Waals surface area contributed by atoms with Gasteiger partial charge in [0.05, 0.1) is 12.8 Å². The number of Topliss-reactive ketones (excluding diaryl/α,β-unsaturated/α-hetero) is 2. The molecular weight excluding hydrogens is 220 g/mol. The summed E-state index contributed by atoms with van der Waals surface area (Å²) in [6, 6.07) is 7.02. The SMILES string of the molecule is COc1cccc(NN=C(C(C)=O)C(C)=O)c1. The summed E-state index contributed by atoms with van der Waals surface area (Å²) in [4.78, 5) is 22.2. The number of methoxy groups -OCH3 is 1. The summed E-state index contributed by atoms with van der Waals surface area (Å²) in [5, 5.41) is 3.78. The number of hydrogen-bond donors (Lipinski definition) is 1. The van der Waals surface area contributed by atoms with Crippen LogP contribution in [-0.4, -0.2) is 24.4 Å². The molecule has 0 heterocycles. The molecule has 90 valence electrons. The van der Waals surface area contributed by atoms with Gasteiger partial charge in [0.2, 0.25) is 0 Å². The van der Waals surface area contributed by atoms with E-state index in [2.05, 4.69) is 10.5 Å². The minimum absolute atomic E-state index is 0.104. The standard InChI is InChI=1S/C12H14N2O3/c1-8(15)12(9(2)16)14-13-10-5-4-6-11(7-10)17-3/h4-7,13H,1-3H3. The molecule has 0 aliphatic carbocycles. The first-order valence-corrected chi connectivity index (χ1v) is 5.04. The Morgan fingerprint density at radius 2 is 1.88 bits per heavy atom. The van der Waals surface area contributed by atoms with Gasteiger partial charge in [0, 0.05) is 19.9 Å². The van der Waals surface area contributed by atoms with E-state index in [-0.39, 0.29) is 17.3 Å². The average molecular weight is 234 g/mol. The van der Waals surface area contributed by atoms with Gasteiger partial charge >= 0.3 is 0 Å². The molecule has 1 N–H and O–H groups in total. The van der Waals surface area contributed by atoms with Crippen molar-refractivity contribution in [3.63, 3.8) is 0 Å². The number of nitrogens with zero attached hydrogens (tertiary/aromatic N) is 1. The van der Waals surface area contributed by atoms with Crippen LogP contribution in [0.15, 0.2) is 29.4 Å². The third-order valence-corrected chi connectivity index (χ3v) is 2.03. The molecule has 1 aromatic rings. The van der Waals surface area contributed by atoms with E-state index in [1.807, 2.05) is 0 Å². The molecule has 0 amide bonds. The Bertz CT molecular complexity index is 451. The molecule has 17 heavy (non-hydrogen) atoms. The summed E-state index contributed by atoms with van der Waals surface area (Å²) >= 11 is 0. The van der Waals surface area contributed by atoms with Crippen molar-refractivity contribution in [2.75, 3.05) is 12.5 Å². The highest BCUT2D eigenvalue weighted by Gasteiger charge is 2.11. The second-order valence-corrected chi connectivity index (χ2v) is 3.42. The van der Waals surface area contributed by atoms with Crippen molar-refractivity contribution in [2.45, 2.75) is 13.8 Å². The second-order valence-electron chi connectivity index (χ2n) is 3.42. The number of anilines is 1. The molecule has 0 saturated heterocycles. The number of benzene rings is 1. The molecule has 0 bridgehead atoms. The summed E-state index contributed by atoms with van der Waals surface area (Å²) in [6.45, 7) is 2.60. The maximum Gasteiger partial charge on any atom is 0.183 e. The summed E-state index contributed by atoms with van der Waals surface area (Å²) in [7, 11) is 1.55. The minimum Gasteiger partial charge on any atom is -0.497 e. The molecule has 0 atom stereocenters. The van der Waals surface area contributed by atoms with E-state index >= 15 is 0 Å². The number of carbonyl (C=O) groups excluding carboxylic acids is 2. The van der Waals surface area contributed by atoms with Crippen molar-refractivity contribution < 1.29 is 14.3 Å². The molecule has 0 aromatic heterocycles. The molecule has 1 aromatic carbocycles. The summed E-state index contributed by atoms with van der Waals surface area (Å²) in [5.41, 5.74) is 3.19. The van der Waals surface area contributed by atoms with Gasteiger partial charge in [0.25, 0.3) is 0 Å². The van der Waals surface area contributed by atoms with E-state index < -0.39 is 0 Å². The van der Waals surface area contributed by atoms with Crippen LogP contribution in [0.5, 0.6) is 5.75 Å². The summed E-state index contributed by atoms with van der Waals surface area (Å²) in [6.07, 6.45) is 0. The van der Waals surface area contributed by atoms with Crippen LogP contribution in [0, 0.1) is 0 Å². The van der Waals surface area contributed by atoms with Crippen LogP contribution >= 0.6 is 0 Å². The minimum atomic E-state index is -0.368. The number of hydrogen-bond acceptors (Lipinski definition) is 5. The average Bonchev–Trinajstić information content (AvgIpc) is 2.28. The van der Waals surface area contributed by atoms with Gasteiger partial charge in [-0.3, -0.25) is 15.0 Å². The number of nitrogens with one attached hydrogen (secondary N) is 1. The Labute approximate surface area is 99.5 Å². The molecule has 0 spiro atoms. The third kappa shape index (κ3) is 3.71. The Kier molecular flexibility index (Phi) is 4.39. The van der Waals surface area contributed by atoms with Crippen molar-refractivity contribution in [1.29, 1.82) is 0 Å². The zero-order valence-electron chi connectivity index (χ0n) is 9.98. The number of ketones is 2. The van der Waals surface area contributed by atoms with Gasteiger partial charge < -0.3 is 4.74 Å². The predicted molar refractivity (Wildman–Crippen MR) is 65.4 cm³/mol. The topological polar surface area (TPSA) is 67.8 Å². The van der Waals surface area contributed by atoms with Gasteiger partial charge in [0.15, 0.2) is 17.3 Å². The monoisotopic (exact) mass is 234 g/mol. The maximum absolute atomic E-state index is 11.1. The van der Waals surface area contributed by atoms with Crippen LogP contribution in [-0.2, 0) is 9.59 Å². The molecule has 0 aliphatic rings. The van der Waals surface area contributed by atoms with Crippen LogP contribution in [0.25, 0.3) is 0 Å². The third-order valence-electron chi connectivity index (χ3n) is 2.03. The van der Waals surface area contributed by atoms with Gasteiger partial charge in [-0.25, -0.2) is 0 Å². The van der Waals surface area contributed by atoms with Gasteiger partial charge in [-0.05, 0) is 12.1 Å². The lowest BCUT2D eigenvalue weighted by Crippen LogP contribution is -2.20. The van der Waals surface area contributed by atoms with E-state index in [9.17, 15) is 9.59 Å². The smallest absolute Gasteiger partial charge is 0.183 e. The zero-order valence-corrected chi connectivity index (χ0v) is 9.98. The summed E-state index contributed by atoms with van der Waals surface area (Å²) < 4.78 is 5.03. The van der Waals surface area contributed by atoms with E-state index in [0.29, 0.717) is 11.4 Å². The molecule has 0 aliphatic heterocycles. The quantitative estimate of drug-likeness (QED) is 0.477. The maximum atomic E-state index is 11.1. The Hall–Kier alpha value is -2.17. The second kappa shape index (κ2) is 5.79. The largest absolute Gasteiger partial charge is 0.497 e. The first kappa shape index (κ1) is 12.9. The highest BCUT2D eigenvalue weighted by atomic mass is 16.5. The normalized spacial score (nSPS) is 9.35. The van der Waals surface area contributed by atoms with Gasteiger partial charge in [-0.2, -0.15) is 5.10 Å². The molecule has 5 heteroatoms. The number of carbonyl (C=O) groups is 2. The lowest BCUT2D eigenvalue weighted by Gasteiger charge is -2.04. The van der Waals surface area contributed by atoms with Crippen LogP contribution in [0.1, 0.15) is 13.8 Å². The Morgan fingerprint density at radius 1 is 1.24 bits per heavy atom. The van der Waals surface area contributed by atoms with E-state index in [1.165, 1.54) is 13.8 Å². The highest BCUT2D eigenvalue weighted by Crippen LogP contribution is 2.16. The molecule has 5 nitrogen and oxygen atoms in total. The number of ether oxygens (including phenoxy) is 1. The molecule has 0 fully saturated rings. The molecule has 0 saturated carbocycles. The lowest BCUT2D eigenvalue weighted by atomic mass is 10.2. The predicted octanol–water partition coefficient (Wildman–Crippen LogP) is 1.64.